The second-order valence-electron chi connectivity index (χ2n) is 6.43. The van der Waals surface area contributed by atoms with Crippen molar-refractivity contribution in [3.8, 4) is 5.75 Å². The lowest BCUT2D eigenvalue weighted by atomic mass is 10.2. The van der Waals surface area contributed by atoms with Crippen molar-refractivity contribution in [1.82, 2.24) is 15.1 Å². The topological polar surface area (TPSA) is 92.1 Å². The standard InChI is InChI=1S/C19H23N3O5/c1-4-21-8-9-22(19(25)18(21)24)11-16(23)20-12(2)15-10-13-6-5-7-14(26-3)17(13)27-15/h5-7,10,12H,4,8-9,11H2,1-3H3,(H,20,23). The molecule has 1 aliphatic rings. The zero-order valence-corrected chi connectivity index (χ0v) is 15.7. The van der Waals surface area contributed by atoms with Gasteiger partial charge < -0.3 is 24.3 Å². The molecule has 27 heavy (non-hydrogen) atoms. The molecule has 0 aliphatic carbocycles. The number of carbonyl (C=O) groups is 3. The van der Waals surface area contributed by atoms with Crippen LogP contribution in [0.5, 0.6) is 5.75 Å². The molecule has 2 aromatic rings. The van der Waals surface area contributed by atoms with E-state index in [1.807, 2.05) is 25.1 Å². The van der Waals surface area contributed by atoms with Gasteiger partial charge in [-0.2, -0.15) is 0 Å². The minimum atomic E-state index is -0.639. The maximum atomic E-state index is 12.3. The summed E-state index contributed by atoms with van der Waals surface area (Å²) in [6.45, 7) is 4.73. The number of nitrogens with zero attached hydrogens (tertiary/aromatic N) is 2. The molecule has 0 bridgehead atoms. The molecule has 1 aromatic carbocycles. The lowest BCUT2D eigenvalue weighted by molar-refractivity contribution is -0.156. The van der Waals surface area contributed by atoms with Crippen LogP contribution in [0.1, 0.15) is 25.6 Å². The first kappa shape index (κ1) is 18.8. The van der Waals surface area contributed by atoms with Gasteiger partial charge in [-0.3, -0.25) is 14.4 Å². The number of furan rings is 1. The molecule has 144 valence electrons. The van der Waals surface area contributed by atoms with E-state index in [1.165, 1.54) is 9.80 Å². The minimum absolute atomic E-state index is 0.157. The summed E-state index contributed by atoms with van der Waals surface area (Å²) in [6.07, 6.45) is 0. The van der Waals surface area contributed by atoms with Crippen LogP contribution >= 0.6 is 0 Å². The normalized spacial score (nSPS) is 16.0. The number of hydrogen-bond acceptors (Lipinski definition) is 5. The maximum Gasteiger partial charge on any atom is 0.312 e. The Kier molecular flexibility index (Phi) is 5.34. The molecule has 3 rings (SSSR count). The number of methoxy groups -OCH3 is 1. The zero-order chi connectivity index (χ0) is 19.6. The van der Waals surface area contributed by atoms with Gasteiger partial charge in [0.25, 0.3) is 0 Å². The SMILES string of the molecule is CCN1CCN(CC(=O)NC(C)c2cc3cccc(OC)c3o2)C(=O)C1=O. The number of para-hydroxylation sites is 1. The summed E-state index contributed by atoms with van der Waals surface area (Å²) in [5.41, 5.74) is 0.618. The van der Waals surface area contributed by atoms with Gasteiger partial charge in [-0.25, -0.2) is 0 Å². The highest BCUT2D eigenvalue weighted by Crippen LogP contribution is 2.30. The van der Waals surface area contributed by atoms with Crippen molar-refractivity contribution in [2.75, 3.05) is 33.3 Å². The fourth-order valence-electron chi connectivity index (χ4n) is 3.13. The van der Waals surface area contributed by atoms with Crippen LogP contribution in [0.3, 0.4) is 0 Å². The van der Waals surface area contributed by atoms with Crippen LogP contribution < -0.4 is 10.1 Å². The predicted octanol–water partition coefficient (Wildman–Crippen LogP) is 1.31. The first-order valence-electron chi connectivity index (χ1n) is 8.88. The molecule has 2 heterocycles. The lowest BCUT2D eigenvalue weighted by Gasteiger charge is -2.32. The van der Waals surface area contributed by atoms with E-state index >= 15 is 0 Å². The van der Waals surface area contributed by atoms with Crippen molar-refractivity contribution in [3.05, 3.63) is 30.0 Å². The number of likely N-dealkylation sites (N-methyl/N-ethyl adjacent to an activating group) is 1. The Morgan fingerprint density at radius 1 is 1.26 bits per heavy atom. The summed E-state index contributed by atoms with van der Waals surface area (Å²) in [4.78, 5) is 39.1. The molecule has 8 nitrogen and oxygen atoms in total. The van der Waals surface area contributed by atoms with Gasteiger partial charge in [0.15, 0.2) is 11.3 Å². The van der Waals surface area contributed by atoms with Crippen molar-refractivity contribution in [2.45, 2.75) is 19.9 Å². The number of ether oxygens (including phenoxy) is 1. The number of carbonyl (C=O) groups excluding carboxylic acids is 3. The average molecular weight is 373 g/mol. The average Bonchev–Trinajstić information content (AvgIpc) is 3.10. The second-order valence-corrected chi connectivity index (χ2v) is 6.43. The maximum absolute atomic E-state index is 12.3. The van der Waals surface area contributed by atoms with Crippen LogP contribution in [0.25, 0.3) is 11.0 Å². The van der Waals surface area contributed by atoms with E-state index in [0.717, 1.165) is 5.39 Å². The monoisotopic (exact) mass is 373 g/mol. The molecule has 1 aliphatic heterocycles. The summed E-state index contributed by atoms with van der Waals surface area (Å²) >= 11 is 0. The minimum Gasteiger partial charge on any atom is -0.493 e. The third kappa shape index (κ3) is 3.74. The number of fused-ring (bicyclic) bond motifs is 1. The number of amides is 3. The largest absolute Gasteiger partial charge is 0.493 e. The summed E-state index contributed by atoms with van der Waals surface area (Å²) in [6, 6.07) is 7.02. The third-order valence-corrected chi connectivity index (χ3v) is 4.66. The molecular formula is C19H23N3O5. The van der Waals surface area contributed by atoms with Crippen LogP contribution in [-0.2, 0) is 14.4 Å². The van der Waals surface area contributed by atoms with E-state index in [-0.39, 0.29) is 12.5 Å². The van der Waals surface area contributed by atoms with Crippen LogP contribution in [0.15, 0.2) is 28.7 Å². The summed E-state index contributed by atoms with van der Waals surface area (Å²) in [5, 5.41) is 3.69. The van der Waals surface area contributed by atoms with Crippen LogP contribution in [0.4, 0.5) is 0 Å². The van der Waals surface area contributed by atoms with Gasteiger partial charge in [0, 0.05) is 25.0 Å². The Hall–Kier alpha value is -3.03. The van der Waals surface area contributed by atoms with Crippen molar-refractivity contribution in [1.29, 1.82) is 0 Å². The van der Waals surface area contributed by atoms with E-state index in [2.05, 4.69) is 5.32 Å². The van der Waals surface area contributed by atoms with Gasteiger partial charge >= 0.3 is 11.8 Å². The summed E-state index contributed by atoms with van der Waals surface area (Å²) < 4.78 is 11.1. The van der Waals surface area contributed by atoms with Gasteiger partial charge in [0.2, 0.25) is 5.91 Å². The van der Waals surface area contributed by atoms with E-state index in [9.17, 15) is 14.4 Å². The fraction of sp³-hybridized carbons (Fsp3) is 0.421. The van der Waals surface area contributed by atoms with E-state index in [1.54, 1.807) is 20.1 Å². The molecule has 1 unspecified atom stereocenters. The lowest BCUT2D eigenvalue weighted by Crippen LogP contribution is -2.56. The highest BCUT2D eigenvalue weighted by Gasteiger charge is 2.32. The van der Waals surface area contributed by atoms with Crippen molar-refractivity contribution >= 4 is 28.7 Å². The van der Waals surface area contributed by atoms with Crippen LogP contribution in [0.2, 0.25) is 0 Å². The zero-order valence-electron chi connectivity index (χ0n) is 15.7. The first-order chi connectivity index (χ1) is 12.9. The molecule has 1 aromatic heterocycles. The number of benzene rings is 1. The number of hydrogen-bond donors (Lipinski definition) is 1. The molecule has 1 fully saturated rings. The molecule has 0 radical (unpaired) electrons. The Balaban J connectivity index is 1.64. The van der Waals surface area contributed by atoms with Gasteiger partial charge in [-0.15, -0.1) is 0 Å². The van der Waals surface area contributed by atoms with E-state index in [0.29, 0.717) is 36.7 Å². The Morgan fingerprint density at radius 2 is 1.96 bits per heavy atom. The molecule has 1 atom stereocenters. The highest BCUT2D eigenvalue weighted by molar-refractivity contribution is 6.35. The van der Waals surface area contributed by atoms with Crippen molar-refractivity contribution < 1.29 is 23.5 Å². The van der Waals surface area contributed by atoms with Crippen molar-refractivity contribution in [3.63, 3.8) is 0 Å². The molecule has 1 N–H and O–H groups in total. The van der Waals surface area contributed by atoms with Gasteiger partial charge in [0.1, 0.15) is 12.3 Å². The second kappa shape index (κ2) is 7.69. The fourth-order valence-corrected chi connectivity index (χ4v) is 3.13. The predicted molar refractivity (Wildman–Crippen MR) is 98.2 cm³/mol. The smallest absolute Gasteiger partial charge is 0.312 e. The molecule has 8 heteroatoms. The highest BCUT2D eigenvalue weighted by atomic mass is 16.5. The molecule has 0 saturated carbocycles. The molecule has 3 amide bonds. The Labute approximate surface area is 157 Å². The Morgan fingerprint density at radius 3 is 2.67 bits per heavy atom. The Bertz CT molecular complexity index is 875. The number of rotatable bonds is 6. The van der Waals surface area contributed by atoms with E-state index < -0.39 is 17.9 Å². The number of nitrogens with one attached hydrogen (secondary N) is 1. The quantitative estimate of drug-likeness (QED) is 0.771. The molecular weight excluding hydrogens is 350 g/mol. The van der Waals surface area contributed by atoms with Gasteiger partial charge in [-0.05, 0) is 26.0 Å². The third-order valence-electron chi connectivity index (χ3n) is 4.66. The van der Waals surface area contributed by atoms with Crippen LogP contribution in [0, 0.1) is 0 Å². The summed E-state index contributed by atoms with van der Waals surface area (Å²) in [5.74, 6) is -0.342. The first-order valence-corrected chi connectivity index (χ1v) is 8.88. The van der Waals surface area contributed by atoms with Gasteiger partial charge in [0.05, 0.1) is 13.2 Å². The van der Waals surface area contributed by atoms with Gasteiger partial charge in [-0.1, -0.05) is 12.1 Å². The van der Waals surface area contributed by atoms with E-state index in [4.69, 9.17) is 9.15 Å². The number of piperazine rings is 1. The summed E-state index contributed by atoms with van der Waals surface area (Å²) in [7, 11) is 1.57. The molecule has 1 saturated heterocycles. The van der Waals surface area contributed by atoms with Crippen molar-refractivity contribution in [2.24, 2.45) is 0 Å². The molecule has 0 spiro atoms. The van der Waals surface area contributed by atoms with Crippen LogP contribution in [-0.4, -0.2) is 60.8 Å².